The van der Waals surface area contributed by atoms with E-state index in [-0.39, 0.29) is 17.7 Å². The number of amides is 2. The Kier molecular flexibility index (Phi) is 6.14. The van der Waals surface area contributed by atoms with Gasteiger partial charge in [-0.05, 0) is 58.7 Å². The minimum absolute atomic E-state index is 0.105. The van der Waals surface area contributed by atoms with E-state index in [0.717, 1.165) is 64.7 Å². The Labute approximate surface area is 146 Å². The first-order chi connectivity index (χ1) is 11.6. The van der Waals surface area contributed by atoms with Crippen molar-refractivity contribution < 1.29 is 9.59 Å². The fraction of sp³-hybridized carbons (Fsp3) is 0.895. The maximum absolute atomic E-state index is 12.7. The van der Waals surface area contributed by atoms with Crippen LogP contribution in [-0.2, 0) is 9.59 Å². The monoisotopic (exact) mass is 335 g/mol. The summed E-state index contributed by atoms with van der Waals surface area (Å²) in [5, 5.41) is 3.25. The second-order valence-corrected chi connectivity index (χ2v) is 8.02. The van der Waals surface area contributed by atoms with Crippen LogP contribution in [0, 0.1) is 11.8 Å². The molecule has 3 rings (SSSR count). The van der Waals surface area contributed by atoms with Crippen LogP contribution >= 0.6 is 0 Å². The van der Waals surface area contributed by atoms with Gasteiger partial charge in [-0.1, -0.05) is 19.3 Å². The molecule has 2 heterocycles. The second-order valence-electron chi connectivity index (χ2n) is 8.02. The van der Waals surface area contributed by atoms with Crippen molar-refractivity contribution in [2.45, 2.75) is 63.8 Å². The molecular weight excluding hydrogens is 302 g/mol. The number of carbonyl (C=O) groups excluding carboxylic acids is 2. The van der Waals surface area contributed by atoms with E-state index in [4.69, 9.17) is 0 Å². The SMILES string of the molecule is CN1CCC(C(=O)N2CCC(C(=O)NC3CCCCC3)CC2)CC1. The first-order valence-electron chi connectivity index (χ1n) is 9.91. The lowest BCUT2D eigenvalue weighted by Gasteiger charge is -2.36. The molecule has 0 aromatic heterocycles. The lowest BCUT2D eigenvalue weighted by Crippen LogP contribution is -2.48. The number of hydrogen-bond acceptors (Lipinski definition) is 3. The Morgan fingerprint density at radius 3 is 2.00 bits per heavy atom. The highest BCUT2D eigenvalue weighted by Crippen LogP contribution is 2.24. The normalized spacial score (nSPS) is 25.6. The molecule has 0 bridgehead atoms. The number of rotatable bonds is 3. The van der Waals surface area contributed by atoms with Gasteiger partial charge in [0.1, 0.15) is 0 Å². The molecular formula is C19H33N3O2. The zero-order chi connectivity index (χ0) is 16.9. The Bertz CT molecular complexity index is 432. The Morgan fingerprint density at radius 1 is 0.792 bits per heavy atom. The van der Waals surface area contributed by atoms with Crippen molar-refractivity contribution >= 4 is 11.8 Å². The molecule has 1 saturated carbocycles. The Balaban J connectivity index is 1.41. The maximum Gasteiger partial charge on any atom is 0.225 e. The van der Waals surface area contributed by atoms with Crippen LogP contribution in [0.15, 0.2) is 0 Å². The number of hydrogen-bond donors (Lipinski definition) is 1. The van der Waals surface area contributed by atoms with Crippen molar-refractivity contribution in [2.24, 2.45) is 11.8 Å². The molecule has 2 saturated heterocycles. The van der Waals surface area contributed by atoms with Crippen molar-refractivity contribution in [3.05, 3.63) is 0 Å². The van der Waals surface area contributed by atoms with Gasteiger partial charge in [-0.2, -0.15) is 0 Å². The minimum Gasteiger partial charge on any atom is -0.353 e. The van der Waals surface area contributed by atoms with Gasteiger partial charge in [-0.15, -0.1) is 0 Å². The van der Waals surface area contributed by atoms with Gasteiger partial charge in [0.25, 0.3) is 0 Å². The van der Waals surface area contributed by atoms with E-state index in [2.05, 4.69) is 17.3 Å². The quantitative estimate of drug-likeness (QED) is 0.858. The number of nitrogens with one attached hydrogen (secondary N) is 1. The van der Waals surface area contributed by atoms with Crippen LogP contribution in [0.5, 0.6) is 0 Å². The molecule has 1 N–H and O–H groups in total. The van der Waals surface area contributed by atoms with E-state index in [9.17, 15) is 9.59 Å². The van der Waals surface area contributed by atoms with E-state index >= 15 is 0 Å². The van der Waals surface area contributed by atoms with Gasteiger partial charge in [-0.3, -0.25) is 9.59 Å². The van der Waals surface area contributed by atoms with E-state index in [1.807, 2.05) is 4.90 Å². The van der Waals surface area contributed by atoms with E-state index < -0.39 is 0 Å². The van der Waals surface area contributed by atoms with Crippen LogP contribution in [-0.4, -0.2) is 60.9 Å². The lowest BCUT2D eigenvalue weighted by atomic mass is 9.90. The van der Waals surface area contributed by atoms with Crippen LogP contribution in [0.3, 0.4) is 0 Å². The molecule has 24 heavy (non-hydrogen) atoms. The summed E-state index contributed by atoms with van der Waals surface area (Å²) in [6, 6.07) is 0.394. The molecule has 5 nitrogen and oxygen atoms in total. The van der Waals surface area contributed by atoms with Gasteiger partial charge >= 0.3 is 0 Å². The molecule has 0 spiro atoms. The summed E-state index contributed by atoms with van der Waals surface area (Å²) in [6.07, 6.45) is 9.70. The summed E-state index contributed by atoms with van der Waals surface area (Å²) in [5.74, 6) is 0.866. The molecule has 136 valence electrons. The van der Waals surface area contributed by atoms with Crippen molar-refractivity contribution in [1.29, 1.82) is 0 Å². The summed E-state index contributed by atoms with van der Waals surface area (Å²) in [6.45, 7) is 3.56. The molecule has 0 unspecified atom stereocenters. The molecule has 1 aliphatic carbocycles. The van der Waals surface area contributed by atoms with Crippen LogP contribution in [0.25, 0.3) is 0 Å². The van der Waals surface area contributed by atoms with Gasteiger partial charge in [0.2, 0.25) is 11.8 Å². The van der Waals surface area contributed by atoms with Crippen molar-refractivity contribution in [2.75, 3.05) is 33.2 Å². The highest BCUT2D eigenvalue weighted by Gasteiger charge is 2.32. The van der Waals surface area contributed by atoms with Crippen molar-refractivity contribution in [1.82, 2.24) is 15.1 Å². The average molecular weight is 335 g/mol. The second kappa shape index (κ2) is 8.32. The predicted octanol–water partition coefficient (Wildman–Crippen LogP) is 2.02. The third-order valence-corrected chi connectivity index (χ3v) is 6.20. The molecule has 3 aliphatic rings. The van der Waals surface area contributed by atoms with E-state index in [1.165, 1.54) is 19.3 Å². The molecule has 3 fully saturated rings. The maximum atomic E-state index is 12.7. The molecule has 2 aliphatic heterocycles. The van der Waals surface area contributed by atoms with Crippen molar-refractivity contribution in [3.8, 4) is 0 Å². The average Bonchev–Trinajstić information content (AvgIpc) is 2.63. The van der Waals surface area contributed by atoms with Gasteiger partial charge in [0, 0.05) is 31.0 Å². The van der Waals surface area contributed by atoms with Gasteiger partial charge in [0.15, 0.2) is 0 Å². The zero-order valence-electron chi connectivity index (χ0n) is 15.1. The largest absolute Gasteiger partial charge is 0.353 e. The fourth-order valence-electron chi connectivity index (χ4n) is 4.44. The smallest absolute Gasteiger partial charge is 0.225 e. The highest BCUT2D eigenvalue weighted by molar-refractivity contribution is 5.81. The topological polar surface area (TPSA) is 52.7 Å². The first-order valence-corrected chi connectivity index (χ1v) is 9.91. The van der Waals surface area contributed by atoms with Crippen LogP contribution in [0.2, 0.25) is 0 Å². The predicted molar refractivity (Wildman–Crippen MR) is 94.5 cm³/mol. The molecule has 0 aromatic rings. The Morgan fingerprint density at radius 2 is 1.38 bits per heavy atom. The number of likely N-dealkylation sites (tertiary alicyclic amines) is 2. The highest BCUT2D eigenvalue weighted by atomic mass is 16.2. The third kappa shape index (κ3) is 4.50. The molecule has 0 aromatic carbocycles. The van der Waals surface area contributed by atoms with Crippen molar-refractivity contribution in [3.63, 3.8) is 0 Å². The lowest BCUT2D eigenvalue weighted by molar-refractivity contribution is -0.140. The van der Waals surface area contributed by atoms with Crippen LogP contribution in [0.4, 0.5) is 0 Å². The molecule has 0 radical (unpaired) electrons. The standard InChI is InChI=1S/C19H33N3O2/c1-21-11-7-16(8-12-21)19(24)22-13-9-15(10-14-22)18(23)20-17-5-3-2-4-6-17/h15-17H,2-14H2,1H3,(H,20,23). The molecule has 5 heteroatoms. The van der Waals surface area contributed by atoms with Gasteiger partial charge in [0.05, 0.1) is 0 Å². The molecule has 0 atom stereocenters. The molecule has 2 amide bonds. The van der Waals surface area contributed by atoms with E-state index in [0.29, 0.717) is 11.9 Å². The number of piperidine rings is 2. The van der Waals surface area contributed by atoms with Gasteiger partial charge < -0.3 is 15.1 Å². The zero-order valence-corrected chi connectivity index (χ0v) is 15.1. The summed E-state index contributed by atoms with van der Waals surface area (Å²) in [4.78, 5) is 29.4. The van der Waals surface area contributed by atoms with Crippen LogP contribution in [0.1, 0.15) is 57.8 Å². The Hall–Kier alpha value is -1.10. The van der Waals surface area contributed by atoms with Gasteiger partial charge in [-0.25, -0.2) is 0 Å². The first kappa shape index (κ1) is 17.7. The summed E-state index contributed by atoms with van der Waals surface area (Å²) < 4.78 is 0. The van der Waals surface area contributed by atoms with E-state index in [1.54, 1.807) is 0 Å². The van der Waals surface area contributed by atoms with Crippen LogP contribution < -0.4 is 5.32 Å². The number of nitrogens with zero attached hydrogens (tertiary/aromatic N) is 2. The number of carbonyl (C=O) groups is 2. The summed E-state index contributed by atoms with van der Waals surface area (Å²) >= 11 is 0. The summed E-state index contributed by atoms with van der Waals surface area (Å²) in [5.41, 5.74) is 0. The summed E-state index contributed by atoms with van der Waals surface area (Å²) in [7, 11) is 2.12. The third-order valence-electron chi connectivity index (χ3n) is 6.20. The fourth-order valence-corrected chi connectivity index (χ4v) is 4.44. The minimum atomic E-state index is 0.105.